The Labute approximate surface area is 117 Å². The first-order valence-electron chi connectivity index (χ1n) is 4.42. The predicted molar refractivity (Wildman–Crippen MR) is 70.6 cm³/mol. The van der Waals surface area contributed by atoms with Crippen LogP contribution in [0.1, 0.15) is 0 Å². The smallest absolute Gasteiger partial charge is 0.0698 e. The lowest BCUT2D eigenvalue weighted by Crippen LogP contribution is -2.03. The fraction of sp³-hybridized carbons (Fsp3) is 1.00. The standard InChI is InChI=1S/2C4H10O3.2BrH/c2*5-1-3-7-4-2-6;;/h2*5-6H,1-4H2;2*1H. The van der Waals surface area contributed by atoms with Crippen LogP contribution in [0.25, 0.3) is 0 Å². The molecule has 0 bridgehead atoms. The normalized spacial score (nSPS) is 8.25. The summed E-state index contributed by atoms with van der Waals surface area (Å²) in [6.45, 7) is 1.39. The topological polar surface area (TPSA) is 99.4 Å². The van der Waals surface area contributed by atoms with Crippen LogP contribution in [0, 0.1) is 0 Å². The van der Waals surface area contributed by atoms with E-state index in [4.69, 9.17) is 20.4 Å². The monoisotopic (exact) mass is 372 g/mol. The molecule has 0 fully saturated rings. The molecule has 4 N–H and O–H groups in total. The molecule has 16 heavy (non-hydrogen) atoms. The Morgan fingerprint density at radius 1 is 0.500 bits per heavy atom. The summed E-state index contributed by atoms with van der Waals surface area (Å²) >= 11 is 0. The van der Waals surface area contributed by atoms with E-state index >= 15 is 0 Å². The molecular formula is C8H22Br2O6. The van der Waals surface area contributed by atoms with E-state index in [1.54, 1.807) is 0 Å². The van der Waals surface area contributed by atoms with E-state index in [0.717, 1.165) is 0 Å². The highest BCUT2D eigenvalue weighted by atomic mass is 79.9. The lowest BCUT2D eigenvalue weighted by molar-refractivity contribution is 0.0649. The van der Waals surface area contributed by atoms with Crippen molar-refractivity contribution in [1.29, 1.82) is 0 Å². The zero-order valence-corrected chi connectivity index (χ0v) is 12.5. The third kappa shape index (κ3) is 36.4. The van der Waals surface area contributed by atoms with Gasteiger partial charge in [0.25, 0.3) is 0 Å². The second-order valence-corrected chi connectivity index (χ2v) is 2.12. The van der Waals surface area contributed by atoms with Gasteiger partial charge in [-0.15, -0.1) is 34.0 Å². The summed E-state index contributed by atoms with van der Waals surface area (Å²) in [5.41, 5.74) is 0. The van der Waals surface area contributed by atoms with Crippen LogP contribution in [-0.2, 0) is 9.47 Å². The van der Waals surface area contributed by atoms with E-state index in [-0.39, 0.29) is 60.4 Å². The van der Waals surface area contributed by atoms with Crippen LogP contribution in [0.3, 0.4) is 0 Å². The summed E-state index contributed by atoms with van der Waals surface area (Å²) in [6.07, 6.45) is 0. The summed E-state index contributed by atoms with van der Waals surface area (Å²) in [5, 5.41) is 32.3. The van der Waals surface area contributed by atoms with E-state index < -0.39 is 0 Å². The largest absolute Gasteiger partial charge is 0.394 e. The minimum absolute atomic E-state index is 0. The van der Waals surface area contributed by atoms with Gasteiger partial charge in [-0.3, -0.25) is 0 Å². The summed E-state index contributed by atoms with van der Waals surface area (Å²) in [4.78, 5) is 0. The first-order chi connectivity index (χ1) is 6.83. The van der Waals surface area contributed by atoms with Crippen molar-refractivity contribution in [1.82, 2.24) is 0 Å². The van der Waals surface area contributed by atoms with Crippen molar-refractivity contribution in [3.63, 3.8) is 0 Å². The molecule has 0 rings (SSSR count). The van der Waals surface area contributed by atoms with Crippen LogP contribution in [0.2, 0.25) is 0 Å². The zero-order chi connectivity index (χ0) is 11.1. The van der Waals surface area contributed by atoms with Crippen molar-refractivity contribution in [3.05, 3.63) is 0 Å². The summed E-state index contributed by atoms with van der Waals surface area (Å²) in [7, 11) is 0. The van der Waals surface area contributed by atoms with Crippen molar-refractivity contribution in [2.45, 2.75) is 0 Å². The second kappa shape index (κ2) is 29.6. The quantitative estimate of drug-likeness (QED) is 0.413. The average molecular weight is 374 g/mol. The molecule has 0 atom stereocenters. The molecule has 8 heteroatoms. The van der Waals surface area contributed by atoms with E-state index in [2.05, 4.69) is 9.47 Å². The zero-order valence-electron chi connectivity index (χ0n) is 9.08. The Morgan fingerprint density at radius 2 is 0.688 bits per heavy atom. The maximum Gasteiger partial charge on any atom is 0.0698 e. The maximum absolute atomic E-state index is 8.09. The molecule has 0 spiro atoms. The molecule has 0 aliphatic carbocycles. The molecule has 0 aromatic rings. The second-order valence-electron chi connectivity index (χ2n) is 2.12. The number of aliphatic hydroxyl groups is 4. The van der Waals surface area contributed by atoms with Gasteiger partial charge < -0.3 is 29.9 Å². The fourth-order valence-corrected chi connectivity index (χ4v) is 0.462. The predicted octanol–water partition coefficient (Wildman–Crippen LogP) is -0.869. The van der Waals surface area contributed by atoms with Crippen LogP contribution < -0.4 is 0 Å². The molecule has 0 radical (unpaired) electrons. The maximum atomic E-state index is 8.09. The van der Waals surface area contributed by atoms with Gasteiger partial charge in [0.1, 0.15) is 0 Å². The highest BCUT2D eigenvalue weighted by molar-refractivity contribution is 8.93. The first kappa shape index (κ1) is 25.5. The van der Waals surface area contributed by atoms with Gasteiger partial charge in [0.05, 0.1) is 52.9 Å². The molecule has 0 aromatic heterocycles. The highest BCUT2D eigenvalue weighted by Gasteiger charge is 1.80. The van der Waals surface area contributed by atoms with Gasteiger partial charge in [-0.2, -0.15) is 0 Å². The molecule has 104 valence electrons. The Kier molecular flexibility index (Phi) is 47.3. The third-order valence-corrected chi connectivity index (χ3v) is 0.942. The fourth-order valence-electron chi connectivity index (χ4n) is 0.462. The molecular weight excluding hydrogens is 352 g/mol. The Morgan fingerprint density at radius 3 is 0.812 bits per heavy atom. The number of rotatable bonds is 8. The lowest BCUT2D eigenvalue weighted by atomic mass is 10.7. The Hall–Kier alpha value is 0.720. The van der Waals surface area contributed by atoms with Gasteiger partial charge in [0.15, 0.2) is 0 Å². The third-order valence-electron chi connectivity index (χ3n) is 0.942. The molecule has 0 amide bonds. The molecule has 0 saturated heterocycles. The highest BCUT2D eigenvalue weighted by Crippen LogP contribution is 1.68. The van der Waals surface area contributed by atoms with Gasteiger partial charge >= 0.3 is 0 Å². The average Bonchev–Trinajstić information content (AvgIpc) is 2.21. The molecule has 0 heterocycles. The molecule has 0 unspecified atom stereocenters. The molecule has 0 saturated carbocycles. The Balaban J connectivity index is -0.0000000800. The summed E-state index contributed by atoms with van der Waals surface area (Å²) < 4.78 is 9.26. The lowest BCUT2D eigenvalue weighted by Gasteiger charge is -1.94. The van der Waals surface area contributed by atoms with Gasteiger partial charge in [-0.05, 0) is 0 Å². The Bertz CT molecular complexity index is 70.9. The molecule has 0 aromatic carbocycles. The number of hydrogen-bond donors (Lipinski definition) is 4. The molecule has 6 nitrogen and oxygen atoms in total. The first-order valence-corrected chi connectivity index (χ1v) is 4.42. The van der Waals surface area contributed by atoms with E-state index in [1.807, 2.05) is 0 Å². The van der Waals surface area contributed by atoms with Crippen LogP contribution in [0.5, 0.6) is 0 Å². The van der Waals surface area contributed by atoms with Gasteiger partial charge in [0.2, 0.25) is 0 Å². The van der Waals surface area contributed by atoms with Crippen molar-refractivity contribution < 1.29 is 29.9 Å². The van der Waals surface area contributed by atoms with Gasteiger partial charge in [0, 0.05) is 0 Å². The summed E-state index contributed by atoms with van der Waals surface area (Å²) in [6, 6.07) is 0. The van der Waals surface area contributed by atoms with Crippen molar-refractivity contribution in [2.24, 2.45) is 0 Å². The van der Waals surface area contributed by atoms with E-state index in [1.165, 1.54) is 0 Å². The summed E-state index contributed by atoms with van der Waals surface area (Å²) in [5.74, 6) is 0. The van der Waals surface area contributed by atoms with Crippen LogP contribution in [-0.4, -0.2) is 73.3 Å². The van der Waals surface area contributed by atoms with Crippen molar-refractivity contribution in [2.75, 3.05) is 52.9 Å². The van der Waals surface area contributed by atoms with Gasteiger partial charge in [-0.25, -0.2) is 0 Å². The van der Waals surface area contributed by atoms with Crippen molar-refractivity contribution >= 4 is 34.0 Å². The van der Waals surface area contributed by atoms with Crippen molar-refractivity contribution in [3.8, 4) is 0 Å². The van der Waals surface area contributed by atoms with Crippen LogP contribution in [0.4, 0.5) is 0 Å². The number of aliphatic hydroxyl groups excluding tert-OH is 4. The van der Waals surface area contributed by atoms with E-state index in [9.17, 15) is 0 Å². The number of hydrogen-bond acceptors (Lipinski definition) is 6. The van der Waals surface area contributed by atoms with Gasteiger partial charge in [-0.1, -0.05) is 0 Å². The minimum atomic E-state index is 0. The van der Waals surface area contributed by atoms with Crippen LogP contribution >= 0.6 is 34.0 Å². The minimum Gasteiger partial charge on any atom is -0.394 e. The SMILES string of the molecule is Br.Br.OCCOCCO.OCCOCCO. The van der Waals surface area contributed by atoms with E-state index in [0.29, 0.717) is 26.4 Å². The molecule has 0 aliphatic rings. The van der Waals surface area contributed by atoms with Crippen LogP contribution in [0.15, 0.2) is 0 Å². The molecule has 0 aliphatic heterocycles. The number of ether oxygens (including phenoxy) is 2. The number of halogens is 2.